The SMILES string of the molecule is CSCC(C)Nc1cc2c(cc1N)OCC(=O)N2. The Morgan fingerprint density at radius 2 is 2.39 bits per heavy atom. The summed E-state index contributed by atoms with van der Waals surface area (Å²) in [4.78, 5) is 11.3. The van der Waals surface area contributed by atoms with Gasteiger partial charge in [-0.2, -0.15) is 11.8 Å². The van der Waals surface area contributed by atoms with Crippen LogP contribution in [0.4, 0.5) is 17.1 Å². The van der Waals surface area contributed by atoms with Crippen LogP contribution in [0.25, 0.3) is 0 Å². The van der Waals surface area contributed by atoms with Gasteiger partial charge in [-0.3, -0.25) is 4.79 Å². The van der Waals surface area contributed by atoms with E-state index in [0.29, 0.717) is 23.2 Å². The third kappa shape index (κ3) is 2.81. The molecule has 4 N–H and O–H groups in total. The summed E-state index contributed by atoms with van der Waals surface area (Å²) < 4.78 is 5.30. The smallest absolute Gasteiger partial charge is 0.262 e. The molecule has 5 nitrogen and oxygen atoms in total. The monoisotopic (exact) mass is 267 g/mol. The Labute approximate surface area is 110 Å². The van der Waals surface area contributed by atoms with Gasteiger partial charge in [-0.1, -0.05) is 0 Å². The van der Waals surface area contributed by atoms with Gasteiger partial charge in [0, 0.05) is 17.9 Å². The first-order valence-electron chi connectivity index (χ1n) is 5.72. The number of fused-ring (bicyclic) bond motifs is 1. The second-order valence-electron chi connectivity index (χ2n) is 4.27. The van der Waals surface area contributed by atoms with Crippen molar-refractivity contribution in [3.63, 3.8) is 0 Å². The van der Waals surface area contributed by atoms with Gasteiger partial charge in [0.1, 0.15) is 5.75 Å². The van der Waals surface area contributed by atoms with Gasteiger partial charge in [0.25, 0.3) is 5.91 Å². The first-order chi connectivity index (χ1) is 8.60. The topological polar surface area (TPSA) is 76.4 Å². The number of amides is 1. The first-order valence-corrected chi connectivity index (χ1v) is 7.11. The predicted molar refractivity (Wildman–Crippen MR) is 76.4 cm³/mol. The van der Waals surface area contributed by atoms with Gasteiger partial charge in [-0.05, 0) is 19.2 Å². The molecule has 1 amide bonds. The number of nitrogen functional groups attached to an aromatic ring is 1. The highest BCUT2D eigenvalue weighted by atomic mass is 32.2. The van der Waals surface area contributed by atoms with E-state index in [4.69, 9.17) is 10.5 Å². The van der Waals surface area contributed by atoms with Crippen LogP contribution in [0.2, 0.25) is 0 Å². The summed E-state index contributed by atoms with van der Waals surface area (Å²) in [6, 6.07) is 3.86. The maximum absolute atomic E-state index is 11.3. The van der Waals surface area contributed by atoms with Crippen LogP contribution in [0.5, 0.6) is 5.75 Å². The zero-order valence-corrected chi connectivity index (χ0v) is 11.3. The van der Waals surface area contributed by atoms with E-state index in [1.165, 1.54) is 0 Å². The number of ether oxygens (including phenoxy) is 1. The van der Waals surface area contributed by atoms with E-state index in [1.54, 1.807) is 17.8 Å². The molecule has 0 saturated carbocycles. The molecule has 1 aromatic rings. The molecule has 1 aromatic carbocycles. The summed E-state index contributed by atoms with van der Waals surface area (Å²) in [5.74, 6) is 1.46. The molecule has 2 rings (SSSR count). The Morgan fingerprint density at radius 3 is 3.11 bits per heavy atom. The maximum atomic E-state index is 11.3. The molecule has 0 bridgehead atoms. The summed E-state index contributed by atoms with van der Waals surface area (Å²) >= 11 is 1.77. The Hall–Kier alpha value is -1.56. The normalized spacial score (nSPS) is 15.3. The lowest BCUT2D eigenvalue weighted by atomic mass is 10.2. The third-order valence-electron chi connectivity index (χ3n) is 2.60. The van der Waals surface area contributed by atoms with E-state index in [-0.39, 0.29) is 12.5 Å². The zero-order chi connectivity index (χ0) is 13.1. The van der Waals surface area contributed by atoms with Gasteiger partial charge in [0.05, 0.1) is 17.1 Å². The molecule has 0 spiro atoms. The second-order valence-corrected chi connectivity index (χ2v) is 5.18. The van der Waals surface area contributed by atoms with Crippen LogP contribution < -0.4 is 21.1 Å². The Balaban J connectivity index is 2.21. The van der Waals surface area contributed by atoms with Crippen molar-refractivity contribution in [2.75, 3.05) is 35.0 Å². The highest BCUT2D eigenvalue weighted by Crippen LogP contribution is 2.35. The van der Waals surface area contributed by atoms with Crippen molar-refractivity contribution in [3.05, 3.63) is 12.1 Å². The highest BCUT2D eigenvalue weighted by Gasteiger charge is 2.18. The second kappa shape index (κ2) is 5.39. The van der Waals surface area contributed by atoms with Crippen LogP contribution in [0.15, 0.2) is 12.1 Å². The van der Waals surface area contributed by atoms with Crippen molar-refractivity contribution in [1.82, 2.24) is 0 Å². The quantitative estimate of drug-likeness (QED) is 0.725. The molecular weight excluding hydrogens is 250 g/mol. The minimum absolute atomic E-state index is 0.0437. The molecule has 1 heterocycles. The van der Waals surface area contributed by atoms with Gasteiger partial charge < -0.3 is 21.1 Å². The molecule has 1 aliphatic rings. The zero-order valence-electron chi connectivity index (χ0n) is 10.4. The first kappa shape index (κ1) is 12.9. The minimum Gasteiger partial charge on any atom is -0.482 e. The lowest BCUT2D eigenvalue weighted by Crippen LogP contribution is -2.26. The van der Waals surface area contributed by atoms with E-state index in [1.807, 2.05) is 6.07 Å². The van der Waals surface area contributed by atoms with E-state index in [2.05, 4.69) is 23.8 Å². The van der Waals surface area contributed by atoms with Gasteiger partial charge in [-0.25, -0.2) is 0 Å². The Kier molecular flexibility index (Phi) is 3.86. The summed E-state index contributed by atoms with van der Waals surface area (Å²) in [6.07, 6.45) is 2.06. The lowest BCUT2D eigenvalue weighted by molar-refractivity contribution is -0.118. The molecule has 0 aromatic heterocycles. The van der Waals surface area contributed by atoms with Crippen LogP contribution in [0, 0.1) is 0 Å². The summed E-state index contributed by atoms with van der Waals surface area (Å²) in [6.45, 7) is 2.13. The highest BCUT2D eigenvalue weighted by molar-refractivity contribution is 7.98. The molecule has 0 radical (unpaired) electrons. The summed E-state index contributed by atoms with van der Waals surface area (Å²) in [7, 11) is 0. The Morgan fingerprint density at radius 1 is 1.61 bits per heavy atom. The van der Waals surface area contributed by atoms with Crippen LogP contribution in [-0.2, 0) is 4.79 Å². The molecule has 6 heteroatoms. The standard InChI is InChI=1S/C12H17N3O2S/c1-7(6-18-2)14-9-4-10-11(3-8(9)13)17-5-12(16)15-10/h3-4,7,14H,5-6,13H2,1-2H3,(H,15,16). The van der Waals surface area contributed by atoms with Crippen molar-refractivity contribution < 1.29 is 9.53 Å². The van der Waals surface area contributed by atoms with Crippen molar-refractivity contribution in [2.45, 2.75) is 13.0 Å². The Bertz CT molecular complexity index is 465. The van der Waals surface area contributed by atoms with Crippen LogP contribution in [0.3, 0.4) is 0 Å². The third-order valence-corrected chi connectivity index (χ3v) is 3.44. The van der Waals surface area contributed by atoms with E-state index < -0.39 is 0 Å². The summed E-state index contributed by atoms with van der Waals surface area (Å²) in [5, 5.41) is 6.09. The lowest BCUT2D eigenvalue weighted by Gasteiger charge is -2.22. The van der Waals surface area contributed by atoms with Crippen molar-refractivity contribution >= 4 is 34.7 Å². The molecule has 0 fully saturated rings. The number of anilines is 3. The molecule has 0 aliphatic carbocycles. The van der Waals surface area contributed by atoms with Crippen LogP contribution in [0.1, 0.15) is 6.92 Å². The molecule has 1 unspecified atom stereocenters. The van der Waals surface area contributed by atoms with E-state index >= 15 is 0 Å². The summed E-state index contributed by atoms with van der Waals surface area (Å²) in [5.41, 5.74) is 8.07. The number of rotatable bonds is 4. The van der Waals surface area contributed by atoms with Crippen molar-refractivity contribution in [2.24, 2.45) is 0 Å². The molecule has 1 atom stereocenters. The molecule has 1 aliphatic heterocycles. The minimum atomic E-state index is -0.143. The van der Waals surface area contributed by atoms with Crippen LogP contribution in [-0.4, -0.2) is 30.6 Å². The number of hydrogen-bond acceptors (Lipinski definition) is 5. The predicted octanol–water partition coefficient (Wildman–Crippen LogP) is 1.76. The average Bonchev–Trinajstić information content (AvgIpc) is 2.31. The molecule has 0 saturated heterocycles. The van der Waals surface area contributed by atoms with Gasteiger partial charge >= 0.3 is 0 Å². The number of carbonyl (C=O) groups excluding carboxylic acids is 1. The number of nitrogens with two attached hydrogens (primary N) is 1. The number of nitrogens with one attached hydrogen (secondary N) is 2. The molecular formula is C12H17N3O2S. The fourth-order valence-corrected chi connectivity index (χ4v) is 2.41. The number of hydrogen-bond donors (Lipinski definition) is 3. The van der Waals surface area contributed by atoms with Crippen LogP contribution >= 0.6 is 11.8 Å². The van der Waals surface area contributed by atoms with Gasteiger partial charge in [0.15, 0.2) is 6.61 Å². The fraction of sp³-hybridized carbons (Fsp3) is 0.417. The van der Waals surface area contributed by atoms with Crippen molar-refractivity contribution in [3.8, 4) is 5.75 Å². The maximum Gasteiger partial charge on any atom is 0.262 e. The van der Waals surface area contributed by atoms with Gasteiger partial charge in [-0.15, -0.1) is 0 Å². The number of thioether (sulfide) groups is 1. The molecule has 18 heavy (non-hydrogen) atoms. The average molecular weight is 267 g/mol. The number of carbonyl (C=O) groups is 1. The van der Waals surface area contributed by atoms with E-state index in [9.17, 15) is 4.79 Å². The number of benzene rings is 1. The van der Waals surface area contributed by atoms with Crippen molar-refractivity contribution in [1.29, 1.82) is 0 Å². The van der Waals surface area contributed by atoms with E-state index in [0.717, 1.165) is 11.4 Å². The molecule has 98 valence electrons. The largest absolute Gasteiger partial charge is 0.482 e. The van der Waals surface area contributed by atoms with Gasteiger partial charge in [0.2, 0.25) is 0 Å². The fourth-order valence-electron chi connectivity index (χ4n) is 1.82.